The molecule has 0 aliphatic carbocycles. The van der Waals surface area contributed by atoms with Crippen molar-refractivity contribution in [2.75, 3.05) is 0 Å². The Balaban J connectivity index is 1.64. The fraction of sp³-hybridized carbons (Fsp3) is 0.0667. The summed E-state index contributed by atoms with van der Waals surface area (Å²) in [6.45, 7) is 0. The SMILES string of the molecule is O=C(Cc1cn2ccsc2n1)c1cc2cc(F)ccc2s1. The molecule has 4 rings (SSSR count). The van der Waals surface area contributed by atoms with E-state index in [1.165, 1.54) is 34.8 Å². The first-order chi connectivity index (χ1) is 10.2. The summed E-state index contributed by atoms with van der Waals surface area (Å²) in [7, 11) is 0. The molecule has 0 bridgehead atoms. The second-order valence-corrected chi connectivity index (χ2v) is 6.67. The lowest BCUT2D eigenvalue weighted by Crippen LogP contribution is -2.01. The van der Waals surface area contributed by atoms with E-state index in [0.29, 0.717) is 4.88 Å². The van der Waals surface area contributed by atoms with Gasteiger partial charge < -0.3 is 0 Å². The van der Waals surface area contributed by atoms with Crippen molar-refractivity contribution in [1.82, 2.24) is 9.38 Å². The molecule has 3 heterocycles. The number of hydrogen-bond acceptors (Lipinski definition) is 4. The summed E-state index contributed by atoms with van der Waals surface area (Å²) in [5, 5.41) is 2.73. The number of carbonyl (C=O) groups excluding carboxylic acids is 1. The van der Waals surface area contributed by atoms with Crippen LogP contribution in [-0.4, -0.2) is 15.2 Å². The van der Waals surface area contributed by atoms with Crippen molar-refractivity contribution in [2.24, 2.45) is 0 Å². The van der Waals surface area contributed by atoms with Crippen molar-refractivity contribution >= 4 is 43.5 Å². The first kappa shape index (κ1) is 12.7. The van der Waals surface area contributed by atoms with E-state index in [-0.39, 0.29) is 18.0 Å². The molecule has 0 saturated carbocycles. The first-order valence-corrected chi connectivity index (χ1v) is 8.02. The molecule has 0 saturated heterocycles. The summed E-state index contributed by atoms with van der Waals surface area (Å²) in [6.07, 6.45) is 4.06. The summed E-state index contributed by atoms with van der Waals surface area (Å²) in [5.41, 5.74) is 0.760. The van der Waals surface area contributed by atoms with Gasteiger partial charge in [0.2, 0.25) is 0 Å². The van der Waals surface area contributed by atoms with Gasteiger partial charge in [-0.15, -0.1) is 22.7 Å². The molecule has 0 radical (unpaired) electrons. The minimum absolute atomic E-state index is 0.0161. The number of Topliss-reactive ketones (excluding diaryl/α,β-unsaturated/α-hetero) is 1. The van der Waals surface area contributed by atoms with Gasteiger partial charge in [-0.3, -0.25) is 9.20 Å². The van der Waals surface area contributed by atoms with Crippen molar-refractivity contribution in [3.05, 3.63) is 58.4 Å². The van der Waals surface area contributed by atoms with Gasteiger partial charge in [0.15, 0.2) is 10.7 Å². The molecule has 21 heavy (non-hydrogen) atoms. The zero-order chi connectivity index (χ0) is 14.4. The maximum absolute atomic E-state index is 13.2. The number of benzene rings is 1. The third-order valence-corrected chi connectivity index (χ3v) is 5.17. The van der Waals surface area contributed by atoms with Crippen molar-refractivity contribution in [3.63, 3.8) is 0 Å². The maximum atomic E-state index is 13.2. The summed E-state index contributed by atoms with van der Waals surface area (Å²) in [4.78, 5) is 18.3. The molecule has 6 heteroatoms. The third kappa shape index (κ3) is 2.26. The predicted molar refractivity (Wildman–Crippen MR) is 82.9 cm³/mol. The Morgan fingerprint density at radius 3 is 3.10 bits per heavy atom. The normalized spacial score (nSPS) is 11.5. The second-order valence-electron chi connectivity index (χ2n) is 4.72. The molecule has 3 nitrogen and oxygen atoms in total. The Morgan fingerprint density at radius 2 is 2.24 bits per heavy atom. The number of fused-ring (bicyclic) bond motifs is 2. The molecule has 0 spiro atoms. The van der Waals surface area contributed by atoms with Gasteiger partial charge in [0.25, 0.3) is 0 Å². The lowest BCUT2D eigenvalue weighted by atomic mass is 10.2. The van der Waals surface area contributed by atoms with Crippen molar-refractivity contribution in [3.8, 4) is 0 Å². The van der Waals surface area contributed by atoms with Crippen LogP contribution in [0, 0.1) is 5.82 Å². The molecular formula is C15H9FN2OS2. The number of nitrogens with zero attached hydrogens (tertiary/aromatic N) is 2. The predicted octanol–water partition coefficient (Wildman–Crippen LogP) is 4.18. The molecule has 3 aromatic heterocycles. The number of ketones is 1. The highest BCUT2D eigenvalue weighted by Crippen LogP contribution is 2.27. The van der Waals surface area contributed by atoms with Gasteiger partial charge >= 0.3 is 0 Å². The van der Waals surface area contributed by atoms with Crippen molar-refractivity contribution in [1.29, 1.82) is 0 Å². The lowest BCUT2D eigenvalue weighted by molar-refractivity contribution is 0.0996. The van der Waals surface area contributed by atoms with Gasteiger partial charge in [0.1, 0.15) is 5.82 Å². The topological polar surface area (TPSA) is 34.4 Å². The fourth-order valence-corrected chi connectivity index (χ4v) is 3.96. The Hall–Kier alpha value is -2.05. The second kappa shape index (κ2) is 4.75. The van der Waals surface area contributed by atoms with Crippen LogP contribution in [0.5, 0.6) is 0 Å². The number of imidazole rings is 1. The fourth-order valence-electron chi connectivity index (χ4n) is 2.26. The van der Waals surface area contributed by atoms with Gasteiger partial charge in [0.05, 0.1) is 17.0 Å². The van der Waals surface area contributed by atoms with Crippen LogP contribution >= 0.6 is 22.7 Å². The monoisotopic (exact) mass is 316 g/mol. The van der Waals surface area contributed by atoms with Crippen LogP contribution in [0.25, 0.3) is 15.0 Å². The molecule has 0 unspecified atom stereocenters. The first-order valence-electron chi connectivity index (χ1n) is 6.32. The minimum atomic E-state index is -0.284. The molecule has 4 aromatic rings. The standard InChI is InChI=1S/C15H9FN2OS2/c16-10-1-2-13-9(5-10)6-14(21-13)12(19)7-11-8-18-3-4-20-15(18)17-11/h1-6,8H,7H2. The molecule has 0 aliphatic rings. The maximum Gasteiger partial charge on any atom is 0.193 e. The zero-order valence-electron chi connectivity index (χ0n) is 10.7. The highest BCUT2D eigenvalue weighted by atomic mass is 32.1. The van der Waals surface area contributed by atoms with Gasteiger partial charge in [-0.25, -0.2) is 9.37 Å². The molecule has 1 aromatic carbocycles. The van der Waals surface area contributed by atoms with Crippen LogP contribution < -0.4 is 0 Å². The summed E-state index contributed by atoms with van der Waals surface area (Å²) in [6, 6.07) is 6.33. The van der Waals surface area contributed by atoms with Gasteiger partial charge in [-0.2, -0.15) is 0 Å². The van der Waals surface area contributed by atoms with Crippen LogP contribution in [0.4, 0.5) is 4.39 Å². The average Bonchev–Trinajstić information content (AvgIpc) is 3.10. The minimum Gasteiger partial charge on any atom is -0.297 e. The smallest absolute Gasteiger partial charge is 0.193 e. The van der Waals surface area contributed by atoms with E-state index in [1.54, 1.807) is 12.1 Å². The molecule has 104 valence electrons. The number of carbonyl (C=O) groups is 1. The Morgan fingerprint density at radius 1 is 1.33 bits per heavy atom. The van der Waals surface area contributed by atoms with Crippen LogP contribution in [0.15, 0.2) is 42.0 Å². The largest absolute Gasteiger partial charge is 0.297 e. The van der Waals surface area contributed by atoms with E-state index in [9.17, 15) is 9.18 Å². The molecule has 0 atom stereocenters. The Bertz CT molecular complexity index is 938. The zero-order valence-corrected chi connectivity index (χ0v) is 12.4. The molecule has 0 fully saturated rings. The van der Waals surface area contributed by atoms with Gasteiger partial charge in [-0.1, -0.05) is 0 Å². The Labute approximate surface area is 127 Å². The number of rotatable bonds is 3. The van der Waals surface area contributed by atoms with E-state index in [1.807, 2.05) is 22.2 Å². The summed E-state index contributed by atoms with van der Waals surface area (Å²) in [5.74, 6) is -0.268. The van der Waals surface area contributed by atoms with E-state index in [4.69, 9.17) is 0 Å². The van der Waals surface area contributed by atoms with Crippen LogP contribution in [-0.2, 0) is 6.42 Å². The van der Waals surface area contributed by atoms with E-state index in [0.717, 1.165) is 20.7 Å². The van der Waals surface area contributed by atoms with Crippen molar-refractivity contribution < 1.29 is 9.18 Å². The number of thiazole rings is 1. The molecule has 0 N–H and O–H groups in total. The Kier molecular flexibility index (Phi) is 2.87. The molecular weight excluding hydrogens is 307 g/mol. The molecule has 0 amide bonds. The van der Waals surface area contributed by atoms with Crippen LogP contribution in [0.3, 0.4) is 0 Å². The highest BCUT2D eigenvalue weighted by molar-refractivity contribution is 7.20. The number of halogens is 1. The van der Waals surface area contributed by atoms with Crippen LogP contribution in [0.2, 0.25) is 0 Å². The van der Waals surface area contributed by atoms with Crippen molar-refractivity contribution in [2.45, 2.75) is 6.42 Å². The highest BCUT2D eigenvalue weighted by Gasteiger charge is 2.14. The van der Waals surface area contributed by atoms with Gasteiger partial charge in [-0.05, 0) is 29.7 Å². The quantitative estimate of drug-likeness (QED) is 0.532. The van der Waals surface area contributed by atoms with Gasteiger partial charge in [0, 0.05) is 22.5 Å². The summed E-state index contributed by atoms with van der Waals surface area (Å²) < 4.78 is 16.0. The average molecular weight is 316 g/mol. The molecule has 0 aliphatic heterocycles. The summed E-state index contributed by atoms with van der Waals surface area (Å²) >= 11 is 2.93. The van der Waals surface area contributed by atoms with E-state index >= 15 is 0 Å². The van der Waals surface area contributed by atoms with E-state index < -0.39 is 0 Å². The third-order valence-electron chi connectivity index (χ3n) is 3.24. The van der Waals surface area contributed by atoms with E-state index in [2.05, 4.69) is 4.98 Å². The number of hydrogen-bond donors (Lipinski definition) is 0. The van der Waals surface area contributed by atoms with Crippen LogP contribution in [0.1, 0.15) is 15.4 Å². The lowest BCUT2D eigenvalue weighted by Gasteiger charge is -1.93. The number of thiophene rings is 1. The number of aromatic nitrogens is 2.